The van der Waals surface area contributed by atoms with Gasteiger partial charge in [-0.05, 0) is 80.6 Å². The number of hydrogen-bond acceptors (Lipinski definition) is 3. The van der Waals surface area contributed by atoms with Gasteiger partial charge in [0, 0.05) is 22.0 Å². The highest BCUT2D eigenvalue weighted by Crippen LogP contribution is 2.33. The molecule has 1 unspecified atom stereocenters. The molecule has 0 N–H and O–H groups in total. The first-order valence-corrected chi connectivity index (χ1v) is 10.8. The zero-order chi connectivity index (χ0) is 21.3. The van der Waals surface area contributed by atoms with Crippen LogP contribution in [0.2, 0.25) is 0 Å². The molecule has 3 aromatic rings. The smallest absolute Gasteiger partial charge is 0.247 e. The quantitative estimate of drug-likeness (QED) is 0.402. The SMILES string of the molecule is Cc1cccc(C)c1C(=O)c1cc(C)c(C(=O)[P](=O)c2ccccc2)c(C)c1C. The van der Waals surface area contributed by atoms with Gasteiger partial charge in [-0.1, -0.05) is 36.4 Å². The second-order valence-corrected chi connectivity index (χ2v) is 8.91. The van der Waals surface area contributed by atoms with Gasteiger partial charge in [-0.3, -0.25) is 14.2 Å². The number of benzene rings is 3. The monoisotopic (exact) mass is 403 g/mol. The molecule has 4 heteroatoms. The molecule has 0 bridgehead atoms. The molecule has 0 aliphatic carbocycles. The van der Waals surface area contributed by atoms with E-state index in [-0.39, 0.29) is 5.78 Å². The van der Waals surface area contributed by atoms with Gasteiger partial charge in [-0.15, -0.1) is 0 Å². The first kappa shape index (κ1) is 20.8. The molecule has 3 aromatic carbocycles. The Hall–Kier alpha value is -2.90. The summed E-state index contributed by atoms with van der Waals surface area (Å²) in [6, 6.07) is 16.3. The third-order valence-electron chi connectivity index (χ3n) is 5.44. The molecular formula is C25H24O3P. The lowest BCUT2D eigenvalue weighted by molar-refractivity contribution is 0.103. The second-order valence-electron chi connectivity index (χ2n) is 7.40. The Balaban J connectivity index is 2.09. The Morgan fingerprint density at radius 1 is 0.690 bits per heavy atom. The van der Waals surface area contributed by atoms with E-state index in [1.54, 1.807) is 37.3 Å². The van der Waals surface area contributed by atoms with E-state index in [0.29, 0.717) is 33.1 Å². The summed E-state index contributed by atoms with van der Waals surface area (Å²) in [5.74, 6) is -0.0456. The first-order valence-electron chi connectivity index (χ1n) is 9.52. The second kappa shape index (κ2) is 8.23. The first-order chi connectivity index (χ1) is 13.7. The van der Waals surface area contributed by atoms with Crippen LogP contribution in [0.5, 0.6) is 0 Å². The summed E-state index contributed by atoms with van der Waals surface area (Å²) in [6.07, 6.45) is 0. The molecule has 1 atom stereocenters. The van der Waals surface area contributed by atoms with Crippen LogP contribution in [0.4, 0.5) is 0 Å². The Labute approximate surface area is 172 Å². The number of aryl methyl sites for hydroxylation is 3. The van der Waals surface area contributed by atoms with Crippen LogP contribution in [-0.2, 0) is 4.57 Å². The third-order valence-corrected chi connectivity index (χ3v) is 6.80. The molecule has 0 amide bonds. The van der Waals surface area contributed by atoms with E-state index in [9.17, 15) is 14.2 Å². The third kappa shape index (κ3) is 3.83. The molecule has 0 aliphatic heterocycles. The molecule has 0 heterocycles. The van der Waals surface area contributed by atoms with Crippen LogP contribution in [0.15, 0.2) is 54.6 Å². The van der Waals surface area contributed by atoms with E-state index in [1.807, 2.05) is 52.0 Å². The van der Waals surface area contributed by atoms with Crippen LogP contribution in [-0.4, -0.2) is 11.3 Å². The number of rotatable bonds is 5. The number of carbonyl (C=O) groups excluding carboxylic acids is 2. The highest BCUT2D eigenvalue weighted by atomic mass is 31.1. The fraction of sp³-hybridized carbons (Fsp3) is 0.200. The zero-order valence-electron chi connectivity index (χ0n) is 17.4. The van der Waals surface area contributed by atoms with Gasteiger partial charge in [0.1, 0.15) is 0 Å². The standard InChI is InChI=1S/C25H24O3P/c1-15-10-9-11-16(2)22(15)24(26)21-14-17(3)23(19(5)18(21)4)25(27)29(28)20-12-7-6-8-13-20/h6-14H,1-5H3. The van der Waals surface area contributed by atoms with Gasteiger partial charge in [0.25, 0.3) is 0 Å². The van der Waals surface area contributed by atoms with Crippen molar-refractivity contribution in [3.8, 4) is 0 Å². The lowest BCUT2D eigenvalue weighted by atomic mass is 9.88. The molecule has 0 aliphatic rings. The van der Waals surface area contributed by atoms with E-state index in [2.05, 4.69) is 0 Å². The van der Waals surface area contributed by atoms with Crippen molar-refractivity contribution in [2.75, 3.05) is 0 Å². The number of carbonyl (C=O) groups is 2. The summed E-state index contributed by atoms with van der Waals surface area (Å²) in [5, 5.41) is 0.514. The minimum absolute atomic E-state index is 0.0456. The van der Waals surface area contributed by atoms with Gasteiger partial charge in [-0.2, -0.15) is 0 Å². The van der Waals surface area contributed by atoms with Crippen molar-refractivity contribution >= 4 is 24.4 Å². The van der Waals surface area contributed by atoms with Crippen molar-refractivity contribution in [3.05, 3.63) is 99.1 Å². The number of hydrogen-bond donors (Lipinski definition) is 0. The van der Waals surface area contributed by atoms with Crippen LogP contribution in [0.25, 0.3) is 0 Å². The Morgan fingerprint density at radius 3 is 1.86 bits per heavy atom. The molecule has 0 fully saturated rings. The topological polar surface area (TPSA) is 51.2 Å². The molecule has 1 radical (unpaired) electrons. The van der Waals surface area contributed by atoms with Gasteiger partial charge in [-0.25, -0.2) is 0 Å². The van der Waals surface area contributed by atoms with Crippen LogP contribution in [0.1, 0.15) is 54.1 Å². The summed E-state index contributed by atoms with van der Waals surface area (Å²) >= 11 is 0. The molecule has 3 rings (SSSR count). The number of ketones is 1. The maximum absolute atomic E-state index is 13.3. The van der Waals surface area contributed by atoms with E-state index in [4.69, 9.17) is 0 Å². The average molecular weight is 403 g/mol. The largest absolute Gasteiger partial charge is 0.289 e. The van der Waals surface area contributed by atoms with Crippen molar-refractivity contribution in [1.29, 1.82) is 0 Å². The Bertz CT molecular complexity index is 1120. The van der Waals surface area contributed by atoms with Gasteiger partial charge >= 0.3 is 0 Å². The highest BCUT2D eigenvalue weighted by molar-refractivity contribution is 7.71. The van der Waals surface area contributed by atoms with Gasteiger partial charge in [0.15, 0.2) is 13.6 Å². The maximum Gasteiger partial charge on any atom is 0.247 e. The summed E-state index contributed by atoms with van der Waals surface area (Å²) in [4.78, 5) is 26.3. The van der Waals surface area contributed by atoms with Crippen LogP contribution < -0.4 is 5.30 Å². The molecule has 0 saturated carbocycles. The highest BCUT2D eigenvalue weighted by Gasteiger charge is 2.25. The molecule has 29 heavy (non-hydrogen) atoms. The van der Waals surface area contributed by atoms with Crippen LogP contribution >= 0.6 is 7.80 Å². The van der Waals surface area contributed by atoms with Crippen molar-refractivity contribution in [1.82, 2.24) is 0 Å². The summed E-state index contributed by atoms with van der Waals surface area (Å²) in [6.45, 7) is 9.33. The molecule has 3 nitrogen and oxygen atoms in total. The maximum atomic E-state index is 13.3. The summed E-state index contributed by atoms with van der Waals surface area (Å²) in [5.41, 5.74) is 5.33. The Kier molecular flexibility index (Phi) is 5.91. The van der Waals surface area contributed by atoms with E-state index < -0.39 is 13.3 Å². The van der Waals surface area contributed by atoms with E-state index in [0.717, 1.165) is 16.7 Å². The molecule has 0 aromatic heterocycles. The van der Waals surface area contributed by atoms with E-state index in [1.165, 1.54) is 0 Å². The van der Waals surface area contributed by atoms with Gasteiger partial charge in [0.2, 0.25) is 5.52 Å². The van der Waals surface area contributed by atoms with Crippen molar-refractivity contribution in [3.63, 3.8) is 0 Å². The van der Waals surface area contributed by atoms with Crippen molar-refractivity contribution in [2.24, 2.45) is 0 Å². The minimum atomic E-state index is -2.21. The predicted octanol–water partition coefficient (Wildman–Crippen LogP) is 5.75. The molecular weight excluding hydrogens is 379 g/mol. The fourth-order valence-electron chi connectivity index (χ4n) is 3.74. The molecule has 147 valence electrons. The predicted molar refractivity (Wildman–Crippen MR) is 118 cm³/mol. The van der Waals surface area contributed by atoms with Gasteiger partial charge < -0.3 is 0 Å². The van der Waals surface area contributed by atoms with Crippen LogP contribution in [0.3, 0.4) is 0 Å². The summed E-state index contributed by atoms with van der Waals surface area (Å²) < 4.78 is 12.8. The zero-order valence-corrected chi connectivity index (χ0v) is 18.3. The average Bonchev–Trinajstić information content (AvgIpc) is 2.70. The van der Waals surface area contributed by atoms with Crippen molar-refractivity contribution < 1.29 is 14.2 Å². The molecule has 0 spiro atoms. The lowest BCUT2D eigenvalue weighted by Gasteiger charge is -2.17. The van der Waals surface area contributed by atoms with Crippen LogP contribution in [0, 0.1) is 34.6 Å². The molecule has 0 saturated heterocycles. The van der Waals surface area contributed by atoms with Gasteiger partial charge in [0.05, 0.1) is 0 Å². The lowest BCUT2D eigenvalue weighted by Crippen LogP contribution is -2.13. The normalized spacial score (nSPS) is 11.3. The summed E-state index contributed by atoms with van der Waals surface area (Å²) in [7, 11) is -2.21. The van der Waals surface area contributed by atoms with Crippen molar-refractivity contribution in [2.45, 2.75) is 34.6 Å². The fourth-order valence-corrected chi connectivity index (χ4v) is 4.96. The van der Waals surface area contributed by atoms with E-state index >= 15 is 0 Å². The minimum Gasteiger partial charge on any atom is -0.289 e. The Morgan fingerprint density at radius 2 is 1.28 bits per heavy atom.